The van der Waals surface area contributed by atoms with Gasteiger partial charge in [-0.3, -0.25) is 14.6 Å². The van der Waals surface area contributed by atoms with Gasteiger partial charge in [-0.15, -0.1) is 0 Å². The number of rotatable bonds is 4. The zero-order chi connectivity index (χ0) is 24.2. The van der Waals surface area contributed by atoms with Crippen molar-refractivity contribution in [3.63, 3.8) is 0 Å². The molecule has 9 heteroatoms. The van der Waals surface area contributed by atoms with Crippen LogP contribution in [0.4, 0.5) is 0 Å². The lowest BCUT2D eigenvalue weighted by atomic mass is 9.83. The SMILES string of the molecule is COC(=O)c1cccc(C(=O)N2CC3CC(O)CN3C3(CN(Cc4ccc5c(c4)OCO5)C3)C2)c1. The molecule has 1 spiro atoms. The highest BCUT2D eigenvalue weighted by Gasteiger charge is 2.56. The summed E-state index contributed by atoms with van der Waals surface area (Å²) >= 11 is 0. The van der Waals surface area contributed by atoms with Gasteiger partial charge in [-0.2, -0.15) is 0 Å². The summed E-state index contributed by atoms with van der Waals surface area (Å²) in [5.41, 5.74) is 1.81. The van der Waals surface area contributed by atoms with Crippen LogP contribution in [-0.4, -0.2) is 96.0 Å². The van der Waals surface area contributed by atoms with Gasteiger partial charge in [0.1, 0.15) is 0 Å². The lowest BCUT2D eigenvalue weighted by Gasteiger charge is -2.61. The number of benzene rings is 2. The van der Waals surface area contributed by atoms with Crippen molar-refractivity contribution in [1.82, 2.24) is 14.7 Å². The van der Waals surface area contributed by atoms with Crippen LogP contribution in [0.25, 0.3) is 0 Å². The second kappa shape index (κ2) is 8.51. The van der Waals surface area contributed by atoms with Gasteiger partial charge in [0, 0.05) is 50.9 Å². The molecule has 0 bridgehead atoms. The quantitative estimate of drug-likeness (QED) is 0.658. The number of ether oxygens (including phenoxy) is 3. The van der Waals surface area contributed by atoms with E-state index >= 15 is 0 Å². The van der Waals surface area contributed by atoms with E-state index in [1.807, 2.05) is 17.0 Å². The van der Waals surface area contributed by atoms with Crippen LogP contribution in [0.1, 0.15) is 32.7 Å². The molecule has 2 atom stereocenters. The minimum Gasteiger partial charge on any atom is -0.465 e. The van der Waals surface area contributed by atoms with E-state index in [9.17, 15) is 14.7 Å². The fourth-order valence-electron chi connectivity index (χ4n) is 6.12. The molecule has 3 saturated heterocycles. The molecular formula is C26H29N3O6. The summed E-state index contributed by atoms with van der Waals surface area (Å²) in [5, 5.41) is 10.4. The summed E-state index contributed by atoms with van der Waals surface area (Å²) in [7, 11) is 1.33. The number of hydrogen-bond acceptors (Lipinski definition) is 8. The molecule has 2 aromatic carbocycles. The predicted octanol–water partition coefficient (Wildman–Crippen LogP) is 1.35. The molecule has 9 nitrogen and oxygen atoms in total. The third-order valence-electron chi connectivity index (χ3n) is 7.61. The van der Waals surface area contributed by atoms with Crippen molar-refractivity contribution < 1.29 is 28.9 Å². The number of methoxy groups -OCH3 is 1. The first kappa shape index (κ1) is 22.3. The van der Waals surface area contributed by atoms with E-state index in [1.165, 1.54) is 7.11 Å². The molecule has 4 heterocycles. The van der Waals surface area contributed by atoms with Gasteiger partial charge in [0.2, 0.25) is 6.79 Å². The van der Waals surface area contributed by atoms with E-state index in [4.69, 9.17) is 14.2 Å². The minimum atomic E-state index is -0.460. The van der Waals surface area contributed by atoms with Crippen molar-refractivity contribution in [3.8, 4) is 11.5 Å². The molecule has 3 fully saturated rings. The van der Waals surface area contributed by atoms with Crippen molar-refractivity contribution in [3.05, 3.63) is 59.2 Å². The minimum absolute atomic E-state index is 0.0922. The van der Waals surface area contributed by atoms with Crippen LogP contribution >= 0.6 is 0 Å². The second-order valence-electron chi connectivity index (χ2n) is 10.0. The Hall–Kier alpha value is -3.14. The Morgan fingerprint density at radius 1 is 1.06 bits per heavy atom. The van der Waals surface area contributed by atoms with Crippen LogP contribution in [0.2, 0.25) is 0 Å². The Bertz CT molecular complexity index is 1160. The molecule has 1 N–H and O–H groups in total. The Morgan fingerprint density at radius 3 is 2.69 bits per heavy atom. The van der Waals surface area contributed by atoms with Crippen molar-refractivity contribution in [2.75, 3.05) is 46.6 Å². The van der Waals surface area contributed by atoms with Crippen LogP contribution in [0.5, 0.6) is 11.5 Å². The zero-order valence-electron chi connectivity index (χ0n) is 19.7. The van der Waals surface area contributed by atoms with Crippen molar-refractivity contribution in [2.24, 2.45) is 0 Å². The van der Waals surface area contributed by atoms with Gasteiger partial charge < -0.3 is 24.2 Å². The molecule has 2 unspecified atom stereocenters. The third kappa shape index (κ3) is 3.93. The Labute approximate surface area is 203 Å². The number of esters is 1. The smallest absolute Gasteiger partial charge is 0.337 e. The lowest BCUT2D eigenvalue weighted by molar-refractivity contribution is -0.108. The number of hydrogen-bond donors (Lipinski definition) is 1. The van der Waals surface area contributed by atoms with Crippen LogP contribution in [0, 0.1) is 0 Å². The number of carbonyl (C=O) groups excluding carboxylic acids is 2. The van der Waals surface area contributed by atoms with Crippen molar-refractivity contribution in [2.45, 2.75) is 30.7 Å². The van der Waals surface area contributed by atoms with Crippen LogP contribution in [-0.2, 0) is 11.3 Å². The summed E-state index contributed by atoms with van der Waals surface area (Å²) in [6.07, 6.45) is 0.285. The number of amides is 1. The molecule has 0 aromatic heterocycles. The highest BCUT2D eigenvalue weighted by atomic mass is 16.7. The summed E-state index contributed by atoms with van der Waals surface area (Å²) in [5.74, 6) is 1.01. The lowest BCUT2D eigenvalue weighted by Crippen LogP contribution is -2.78. The van der Waals surface area contributed by atoms with Gasteiger partial charge in [0.15, 0.2) is 11.5 Å². The van der Waals surface area contributed by atoms with E-state index in [1.54, 1.807) is 24.3 Å². The summed E-state index contributed by atoms with van der Waals surface area (Å²) in [6.45, 7) is 4.48. The standard InChI is InChI=1S/C26H29N3O6/c1-33-25(32)19-4-2-3-18(8-19)24(31)28-11-20-9-21(30)12-29(20)26(15-28)13-27(14-26)10-17-5-6-22-23(7-17)35-16-34-22/h2-8,20-21,30H,9-16H2,1H3. The van der Waals surface area contributed by atoms with Gasteiger partial charge in [0.25, 0.3) is 5.91 Å². The molecule has 35 heavy (non-hydrogen) atoms. The first-order valence-electron chi connectivity index (χ1n) is 12.0. The van der Waals surface area contributed by atoms with E-state index in [0.29, 0.717) is 37.2 Å². The van der Waals surface area contributed by atoms with Gasteiger partial charge in [-0.1, -0.05) is 12.1 Å². The molecule has 0 saturated carbocycles. The fourth-order valence-corrected chi connectivity index (χ4v) is 6.12. The molecule has 6 rings (SSSR count). The zero-order valence-corrected chi connectivity index (χ0v) is 19.7. The molecule has 2 aromatic rings. The van der Waals surface area contributed by atoms with Gasteiger partial charge >= 0.3 is 5.97 Å². The molecule has 4 aliphatic rings. The highest BCUT2D eigenvalue weighted by molar-refractivity contribution is 5.98. The van der Waals surface area contributed by atoms with Crippen LogP contribution in [0.3, 0.4) is 0 Å². The van der Waals surface area contributed by atoms with Crippen LogP contribution in [0.15, 0.2) is 42.5 Å². The molecule has 0 aliphatic carbocycles. The normalized spacial score (nSPS) is 24.8. The Kier molecular flexibility index (Phi) is 5.43. The summed E-state index contributed by atoms with van der Waals surface area (Å²) in [4.78, 5) is 32.1. The van der Waals surface area contributed by atoms with E-state index in [0.717, 1.165) is 36.7 Å². The largest absolute Gasteiger partial charge is 0.465 e. The summed E-state index contributed by atoms with van der Waals surface area (Å²) in [6, 6.07) is 12.9. The topological polar surface area (TPSA) is 91.8 Å². The maximum atomic E-state index is 13.5. The van der Waals surface area contributed by atoms with E-state index in [-0.39, 0.29) is 30.4 Å². The highest BCUT2D eigenvalue weighted by Crippen LogP contribution is 2.40. The van der Waals surface area contributed by atoms with Gasteiger partial charge in [0.05, 0.1) is 24.3 Å². The maximum absolute atomic E-state index is 13.5. The van der Waals surface area contributed by atoms with Gasteiger partial charge in [-0.05, 0) is 42.3 Å². The number of nitrogens with zero attached hydrogens (tertiary/aromatic N) is 3. The maximum Gasteiger partial charge on any atom is 0.337 e. The van der Waals surface area contributed by atoms with Crippen LogP contribution < -0.4 is 9.47 Å². The average molecular weight is 480 g/mol. The second-order valence-corrected chi connectivity index (χ2v) is 10.0. The molecule has 1 amide bonds. The summed E-state index contributed by atoms with van der Waals surface area (Å²) < 4.78 is 15.7. The molecular weight excluding hydrogens is 450 g/mol. The van der Waals surface area contributed by atoms with Gasteiger partial charge in [-0.25, -0.2) is 4.79 Å². The first-order chi connectivity index (χ1) is 16.9. The molecule has 4 aliphatic heterocycles. The monoisotopic (exact) mass is 479 g/mol. The third-order valence-corrected chi connectivity index (χ3v) is 7.61. The fraction of sp³-hybridized carbons (Fsp3) is 0.462. The van der Waals surface area contributed by atoms with E-state index in [2.05, 4.69) is 15.9 Å². The average Bonchev–Trinajstić information content (AvgIpc) is 3.47. The number of carbonyl (C=O) groups is 2. The first-order valence-corrected chi connectivity index (χ1v) is 12.0. The molecule has 0 radical (unpaired) electrons. The van der Waals surface area contributed by atoms with Crippen molar-refractivity contribution >= 4 is 11.9 Å². The molecule has 184 valence electrons. The predicted molar refractivity (Wildman–Crippen MR) is 125 cm³/mol. The number of aliphatic hydroxyl groups is 1. The van der Waals surface area contributed by atoms with Crippen molar-refractivity contribution in [1.29, 1.82) is 0 Å². The number of fused-ring (bicyclic) bond motifs is 3. The number of aliphatic hydroxyl groups excluding tert-OH is 1. The number of likely N-dealkylation sites (tertiary alicyclic amines) is 1. The van der Waals surface area contributed by atoms with E-state index < -0.39 is 5.97 Å². The Morgan fingerprint density at radius 2 is 1.86 bits per heavy atom. The number of piperazine rings is 1. The number of β-amino-alcohol motifs (C(OH)–C–C–N with tert-alkyl or cyclic N) is 1. The Balaban J connectivity index is 1.19.